The molecule has 1 heterocycles. The first-order valence-corrected chi connectivity index (χ1v) is 13.4. The number of ether oxygens (including phenoxy) is 2. The molecular weight excluding hydrogens is 617 g/mol. The Kier molecular flexibility index (Phi) is 8.21. The number of benzene rings is 4. The number of aromatic amines is 1. The van der Waals surface area contributed by atoms with Crippen LogP contribution >= 0.6 is 39.1 Å². The van der Waals surface area contributed by atoms with Gasteiger partial charge in [-0.15, -0.1) is 0 Å². The second kappa shape index (κ2) is 12.0. The van der Waals surface area contributed by atoms with Gasteiger partial charge in [-0.3, -0.25) is 4.79 Å². The van der Waals surface area contributed by atoms with Gasteiger partial charge in [-0.1, -0.05) is 57.3 Å². The molecule has 0 fully saturated rings. The van der Waals surface area contributed by atoms with Crippen molar-refractivity contribution >= 4 is 68.1 Å². The van der Waals surface area contributed by atoms with Crippen molar-refractivity contribution in [2.24, 2.45) is 5.10 Å². The number of fused-ring (bicyclic) bond motifs is 1. The van der Waals surface area contributed by atoms with E-state index >= 15 is 0 Å². The van der Waals surface area contributed by atoms with Crippen LogP contribution in [0.5, 0.6) is 11.5 Å². The Morgan fingerprint density at radius 2 is 1.73 bits per heavy atom. The van der Waals surface area contributed by atoms with E-state index in [1.54, 1.807) is 66.7 Å². The van der Waals surface area contributed by atoms with Crippen LogP contribution in [0, 0.1) is 0 Å². The molecule has 0 spiro atoms. The maximum atomic E-state index is 13.2. The van der Waals surface area contributed by atoms with E-state index in [0.29, 0.717) is 38.0 Å². The lowest BCUT2D eigenvalue weighted by Gasteiger charge is -2.10. The van der Waals surface area contributed by atoms with Crippen LogP contribution in [0.4, 0.5) is 0 Å². The summed E-state index contributed by atoms with van der Waals surface area (Å²) in [6.07, 6.45) is 1.45. The van der Waals surface area contributed by atoms with E-state index in [2.05, 4.69) is 31.4 Å². The predicted molar refractivity (Wildman–Crippen MR) is 161 cm³/mol. The Bertz CT molecular complexity index is 1770. The van der Waals surface area contributed by atoms with Crippen LogP contribution in [0.3, 0.4) is 0 Å². The Morgan fingerprint density at radius 1 is 0.950 bits per heavy atom. The highest BCUT2D eigenvalue weighted by molar-refractivity contribution is 9.10. The zero-order chi connectivity index (χ0) is 28.2. The minimum absolute atomic E-state index is 0.248. The molecule has 1 amide bonds. The van der Waals surface area contributed by atoms with Crippen molar-refractivity contribution in [2.45, 2.75) is 0 Å². The molecule has 5 rings (SSSR count). The second-order valence-electron chi connectivity index (χ2n) is 8.55. The lowest BCUT2D eigenvalue weighted by Crippen LogP contribution is -2.19. The zero-order valence-corrected chi connectivity index (χ0v) is 24.0. The van der Waals surface area contributed by atoms with E-state index in [-0.39, 0.29) is 11.4 Å². The Morgan fingerprint density at radius 3 is 2.48 bits per heavy atom. The maximum Gasteiger partial charge on any atom is 0.343 e. The monoisotopic (exact) mass is 635 g/mol. The number of hydrogen-bond acceptors (Lipinski definition) is 5. The van der Waals surface area contributed by atoms with Gasteiger partial charge in [-0.25, -0.2) is 10.2 Å². The first kappa shape index (κ1) is 27.5. The third-order valence-electron chi connectivity index (χ3n) is 5.98. The van der Waals surface area contributed by atoms with Gasteiger partial charge in [0.1, 0.15) is 5.69 Å². The number of rotatable bonds is 7. The summed E-state index contributed by atoms with van der Waals surface area (Å²) >= 11 is 16.1. The fourth-order valence-corrected chi connectivity index (χ4v) is 4.76. The molecular formula is C30H20BrCl2N3O4. The number of carbonyl (C=O) groups is 2. The molecule has 0 aliphatic carbocycles. The first-order valence-electron chi connectivity index (χ1n) is 11.9. The summed E-state index contributed by atoms with van der Waals surface area (Å²) in [5.41, 5.74) is 5.88. The van der Waals surface area contributed by atoms with Gasteiger partial charge in [0.2, 0.25) is 0 Å². The van der Waals surface area contributed by atoms with Crippen LogP contribution in [0.2, 0.25) is 10.0 Å². The molecule has 0 unspecified atom stereocenters. The smallest absolute Gasteiger partial charge is 0.343 e. The average molecular weight is 637 g/mol. The highest BCUT2D eigenvalue weighted by atomic mass is 79.9. The highest BCUT2D eigenvalue weighted by Crippen LogP contribution is 2.37. The summed E-state index contributed by atoms with van der Waals surface area (Å²) in [6, 6.07) is 24.3. The van der Waals surface area contributed by atoms with Gasteiger partial charge in [-0.2, -0.15) is 5.10 Å². The van der Waals surface area contributed by atoms with Crippen LogP contribution < -0.4 is 14.9 Å². The predicted octanol–water partition coefficient (Wildman–Crippen LogP) is 7.90. The van der Waals surface area contributed by atoms with Crippen molar-refractivity contribution in [2.75, 3.05) is 7.11 Å². The number of nitrogens with one attached hydrogen (secondary N) is 2. The number of H-pyrrole nitrogens is 1. The normalized spacial score (nSPS) is 11.1. The second-order valence-corrected chi connectivity index (χ2v) is 10.3. The molecule has 4 aromatic carbocycles. The third kappa shape index (κ3) is 5.89. The van der Waals surface area contributed by atoms with Crippen molar-refractivity contribution in [1.29, 1.82) is 0 Å². The molecule has 2 N–H and O–H groups in total. The number of amides is 1. The van der Waals surface area contributed by atoms with Gasteiger partial charge in [-0.05, 0) is 72.3 Å². The highest BCUT2D eigenvalue weighted by Gasteiger charge is 2.21. The van der Waals surface area contributed by atoms with Gasteiger partial charge < -0.3 is 14.5 Å². The molecule has 0 bridgehead atoms. The maximum absolute atomic E-state index is 13.2. The topological polar surface area (TPSA) is 92.8 Å². The largest absolute Gasteiger partial charge is 0.493 e. The summed E-state index contributed by atoms with van der Waals surface area (Å²) < 4.78 is 11.8. The van der Waals surface area contributed by atoms with Crippen LogP contribution in [-0.2, 0) is 0 Å². The minimum atomic E-state index is -0.520. The summed E-state index contributed by atoms with van der Waals surface area (Å²) in [6.45, 7) is 0. The van der Waals surface area contributed by atoms with Gasteiger partial charge in [0, 0.05) is 36.5 Å². The molecule has 0 radical (unpaired) electrons. The molecule has 0 atom stereocenters. The zero-order valence-electron chi connectivity index (χ0n) is 20.9. The molecule has 0 saturated heterocycles. The fraction of sp³-hybridized carbons (Fsp3) is 0.0333. The third-order valence-corrected chi connectivity index (χ3v) is 7.07. The summed E-state index contributed by atoms with van der Waals surface area (Å²) in [5, 5.41) is 5.90. The number of hydrogen-bond donors (Lipinski definition) is 2. The van der Waals surface area contributed by atoms with Crippen LogP contribution in [0.15, 0.2) is 94.5 Å². The van der Waals surface area contributed by atoms with Crippen molar-refractivity contribution in [3.8, 4) is 22.6 Å². The number of esters is 1. The van der Waals surface area contributed by atoms with Crippen molar-refractivity contribution in [1.82, 2.24) is 10.4 Å². The molecule has 10 heteroatoms. The van der Waals surface area contributed by atoms with Gasteiger partial charge in [0.05, 0.1) is 18.9 Å². The van der Waals surface area contributed by atoms with Gasteiger partial charge >= 0.3 is 5.97 Å². The fourth-order valence-electron chi connectivity index (χ4n) is 4.09. The molecule has 0 aliphatic heterocycles. The molecule has 0 saturated carbocycles. The molecule has 40 heavy (non-hydrogen) atoms. The molecule has 1 aromatic heterocycles. The number of halogens is 3. The first-order chi connectivity index (χ1) is 19.3. The van der Waals surface area contributed by atoms with E-state index < -0.39 is 11.9 Å². The van der Waals surface area contributed by atoms with Crippen molar-refractivity contribution in [3.63, 3.8) is 0 Å². The van der Waals surface area contributed by atoms with Crippen LogP contribution in [-0.4, -0.2) is 30.2 Å². The lowest BCUT2D eigenvalue weighted by atomic mass is 10.0. The van der Waals surface area contributed by atoms with Crippen molar-refractivity contribution < 1.29 is 19.1 Å². The number of nitrogens with zero attached hydrogens (tertiary/aromatic N) is 1. The standard InChI is InChI=1S/C30H20BrCl2N3O4/c1-39-26-14-17(6-13-25(26)40-30(38)18-7-9-19(31)10-8-18)16-34-36-29(37)28-27(21-4-2-3-5-23(21)33)22-15-20(32)11-12-24(22)35-28/h2-16,35H,1H3,(H,36,37). The molecule has 5 aromatic rings. The van der Waals surface area contributed by atoms with E-state index in [1.165, 1.54) is 13.3 Å². The Labute approximate surface area is 247 Å². The molecule has 0 aliphatic rings. The molecule has 200 valence electrons. The average Bonchev–Trinajstić information content (AvgIpc) is 3.32. The quantitative estimate of drug-likeness (QED) is 0.0822. The summed E-state index contributed by atoms with van der Waals surface area (Å²) in [5.74, 6) is -0.411. The number of methoxy groups -OCH3 is 1. The number of hydrazone groups is 1. The van der Waals surface area contributed by atoms with Gasteiger partial charge in [0.25, 0.3) is 5.91 Å². The SMILES string of the molecule is COc1cc(C=NNC(=O)c2[nH]c3ccc(Cl)cc3c2-c2ccccc2Cl)ccc1OC(=O)c1ccc(Br)cc1. The van der Waals surface area contributed by atoms with E-state index in [4.69, 9.17) is 32.7 Å². The number of aromatic nitrogens is 1. The minimum Gasteiger partial charge on any atom is -0.493 e. The Hall–Kier alpha value is -4.11. The van der Waals surface area contributed by atoms with E-state index in [9.17, 15) is 9.59 Å². The molecule has 7 nitrogen and oxygen atoms in total. The Balaban J connectivity index is 1.36. The summed E-state index contributed by atoms with van der Waals surface area (Å²) in [7, 11) is 1.47. The number of carbonyl (C=O) groups excluding carboxylic acids is 2. The van der Waals surface area contributed by atoms with E-state index in [1.807, 2.05) is 18.2 Å². The van der Waals surface area contributed by atoms with Crippen LogP contribution in [0.25, 0.3) is 22.0 Å². The van der Waals surface area contributed by atoms with E-state index in [0.717, 1.165) is 15.4 Å². The van der Waals surface area contributed by atoms with Gasteiger partial charge in [0.15, 0.2) is 11.5 Å². The van der Waals surface area contributed by atoms with Crippen molar-refractivity contribution in [3.05, 3.63) is 116 Å². The lowest BCUT2D eigenvalue weighted by molar-refractivity contribution is 0.0729. The van der Waals surface area contributed by atoms with Crippen LogP contribution in [0.1, 0.15) is 26.4 Å². The summed E-state index contributed by atoms with van der Waals surface area (Å²) in [4.78, 5) is 28.9.